The highest BCUT2D eigenvalue weighted by atomic mass is 16.4. The van der Waals surface area contributed by atoms with E-state index in [2.05, 4.69) is 0 Å². The van der Waals surface area contributed by atoms with Crippen LogP contribution >= 0.6 is 0 Å². The fraction of sp³-hybridized carbons (Fsp3) is 0.786. The summed E-state index contributed by atoms with van der Waals surface area (Å²) in [5.74, 6) is -1.31. The number of hydrogen-bond acceptors (Lipinski definition) is 3. The molecule has 6 nitrogen and oxygen atoms in total. The van der Waals surface area contributed by atoms with E-state index in [4.69, 9.17) is 5.11 Å². The lowest BCUT2D eigenvalue weighted by Crippen LogP contribution is -2.47. The van der Waals surface area contributed by atoms with E-state index in [1.807, 2.05) is 13.8 Å². The van der Waals surface area contributed by atoms with E-state index in [-0.39, 0.29) is 30.8 Å². The Morgan fingerprint density at radius 2 is 2.00 bits per heavy atom. The van der Waals surface area contributed by atoms with E-state index in [1.54, 1.807) is 11.9 Å². The van der Waals surface area contributed by atoms with E-state index < -0.39 is 11.9 Å². The van der Waals surface area contributed by atoms with Crippen LogP contribution in [0.5, 0.6) is 0 Å². The third-order valence-corrected chi connectivity index (χ3v) is 3.50. The molecule has 1 aliphatic rings. The largest absolute Gasteiger partial charge is 0.481 e. The topological polar surface area (TPSA) is 77.9 Å². The predicted octanol–water partition coefficient (Wildman–Crippen LogP) is 0.814. The number of likely N-dealkylation sites (N-methyl/N-ethyl adjacent to an activating group) is 1. The lowest BCUT2D eigenvalue weighted by Gasteiger charge is -2.32. The molecule has 1 heterocycles. The monoisotopic (exact) mass is 284 g/mol. The van der Waals surface area contributed by atoms with Crippen LogP contribution in [0.15, 0.2) is 0 Å². The van der Waals surface area contributed by atoms with Crippen molar-refractivity contribution in [2.45, 2.75) is 33.1 Å². The maximum atomic E-state index is 12.1. The van der Waals surface area contributed by atoms with Gasteiger partial charge in [-0.25, -0.2) is 0 Å². The Hall–Kier alpha value is -1.59. The Morgan fingerprint density at radius 3 is 2.55 bits per heavy atom. The minimum atomic E-state index is -0.855. The normalized spacial score (nSPS) is 19.0. The van der Waals surface area contributed by atoms with Gasteiger partial charge in [-0.2, -0.15) is 0 Å². The van der Waals surface area contributed by atoms with Crippen molar-refractivity contribution in [3.63, 3.8) is 0 Å². The number of rotatable bonds is 5. The number of nitrogens with zero attached hydrogens (tertiary/aromatic N) is 2. The van der Waals surface area contributed by atoms with E-state index in [1.165, 1.54) is 4.90 Å². The molecule has 0 radical (unpaired) electrons. The first-order valence-corrected chi connectivity index (χ1v) is 7.05. The van der Waals surface area contributed by atoms with Crippen LogP contribution in [0.25, 0.3) is 0 Å². The van der Waals surface area contributed by atoms with Crippen LogP contribution in [0.2, 0.25) is 0 Å². The number of carbonyl (C=O) groups is 3. The van der Waals surface area contributed by atoms with Gasteiger partial charge in [0.1, 0.15) is 0 Å². The van der Waals surface area contributed by atoms with Gasteiger partial charge in [-0.05, 0) is 18.8 Å². The average molecular weight is 284 g/mol. The van der Waals surface area contributed by atoms with Crippen molar-refractivity contribution in [2.24, 2.45) is 11.8 Å². The zero-order valence-corrected chi connectivity index (χ0v) is 12.5. The fourth-order valence-corrected chi connectivity index (χ4v) is 2.30. The smallest absolute Gasteiger partial charge is 0.308 e. The molecule has 1 unspecified atom stereocenters. The van der Waals surface area contributed by atoms with Gasteiger partial charge in [0, 0.05) is 26.6 Å². The molecule has 1 atom stereocenters. The first-order chi connectivity index (χ1) is 9.31. The van der Waals surface area contributed by atoms with Crippen molar-refractivity contribution in [3.05, 3.63) is 0 Å². The molecular formula is C14H24N2O4. The lowest BCUT2D eigenvalue weighted by atomic mass is 9.98. The van der Waals surface area contributed by atoms with Crippen LogP contribution in [-0.2, 0) is 14.4 Å². The minimum Gasteiger partial charge on any atom is -0.481 e. The number of aliphatic carboxylic acids is 1. The third kappa shape index (κ3) is 4.83. The van der Waals surface area contributed by atoms with Crippen LogP contribution in [0.1, 0.15) is 33.1 Å². The molecule has 0 aromatic heterocycles. The summed E-state index contributed by atoms with van der Waals surface area (Å²) in [5.41, 5.74) is 0. The fourth-order valence-electron chi connectivity index (χ4n) is 2.30. The van der Waals surface area contributed by atoms with Crippen LogP contribution in [0.4, 0.5) is 0 Å². The summed E-state index contributed by atoms with van der Waals surface area (Å²) >= 11 is 0. The van der Waals surface area contributed by atoms with Crippen LogP contribution in [0.3, 0.4) is 0 Å². The molecule has 1 fully saturated rings. The van der Waals surface area contributed by atoms with Crippen molar-refractivity contribution in [2.75, 3.05) is 26.7 Å². The first-order valence-electron chi connectivity index (χ1n) is 7.05. The highest BCUT2D eigenvalue weighted by Crippen LogP contribution is 2.17. The third-order valence-electron chi connectivity index (χ3n) is 3.50. The molecule has 1 N–H and O–H groups in total. The van der Waals surface area contributed by atoms with Crippen molar-refractivity contribution in [1.82, 2.24) is 9.80 Å². The summed E-state index contributed by atoms with van der Waals surface area (Å²) < 4.78 is 0. The van der Waals surface area contributed by atoms with Crippen molar-refractivity contribution in [3.8, 4) is 0 Å². The molecule has 0 aromatic rings. The molecule has 0 bridgehead atoms. The Labute approximate surface area is 119 Å². The second kappa shape index (κ2) is 7.26. The molecule has 0 spiro atoms. The quantitative estimate of drug-likeness (QED) is 0.810. The Balaban J connectivity index is 2.49. The maximum absolute atomic E-state index is 12.1. The molecule has 1 aliphatic heterocycles. The second-order valence-corrected chi connectivity index (χ2v) is 5.86. The van der Waals surface area contributed by atoms with Crippen molar-refractivity contribution >= 4 is 17.8 Å². The van der Waals surface area contributed by atoms with Gasteiger partial charge < -0.3 is 14.9 Å². The summed E-state index contributed by atoms with van der Waals surface area (Å²) in [6.45, 7) is 4.76. The van der Waals surface area contributed by atoms with Gasteiger partial charge in [-0.15, -0.1) is 0 Å². The zero-order valence-electron chi connectivity index (χ0n) is 12.5. The molecule has 0 saturated carbocycles. The SMILES string of the molecule is CC(C)CC(=O)N(C)CC(=O)N1CCCC(C(=O)O)C1. The number of hydrogen-bond donors (Lipinski definition) is 1. The van der Waals surface area contributed by atoms with Gasteiger partial charge in [0.2, 0.25) is 11.8 Å². The molecule has 1 rings (SSSR count). The number of piperidine rings is 1. The molecule has 0 aromatic carbocycles. The number of amides is 2. The highest BCUT2D eigenvalue weighted by Gasteiger charge is 2.28. The van der Waals surface area contributed by atoms with Gasteiger partial charge in [0.05, 0.1) is 12.5 Å². The Bertz CT molecular complexity index is 381. The van der Waals surface area contributed by atoms with Gasteiger partial charge in [0.15, 0.2) is 0 Å². The molecule has 114 valence electrons. The summed E-state index contributed by atoms with van der Waals surface area (Å²) in [5, 5.41) is 9.00. The summed E-state index contributed by atoms with van der Waals surface area (Å²) in [4.78, 5) is 37.9. The van der Waals surface area contributed by atoms with Crippen LogP contribution in [-0.4, -0.2) is 59.4 Å². The number of carboxylic acids is 1. The van der Waals surface area contributed by atoms with Gasteiger partial charge in [-0.3, -0.25) is 14.4 Å². The van der Waals surface area contributed by atoms with E-state index in [0.717, 1.165) is 0 Å². The van der Waals surface area contributed by atoms with Crippen LogP contribution in [0, 0.1) is 11.8 Å². The average Bonchev–Trinajstić information content (AvgIpc) is 2.37. The lowest BCUT2D eigenvalue weighted by molar-refractivity contribution is -0.147. The highest BCUT2D eigenvalue weighted by molar-refractivity contribution is 5.85. The summed E-state index contributed by atoms with van der Waals surface area (Å²) in [6.07, 6.45) is 1.73. The van der Waals surface area contributed by atoms with Crippen LogP contribution < -0.4 is 0 Å². The molecular weight excluding hydrogens is 260 g/mol. The van der Waals surface area contributed by atoms with Gasteiger partial charge in [-0.1, -0.05) is 13.8 Å². The second-order valence-electron chi connectivity index (χ2n) is 5.86. The molecule has 6 heteroatoms. The first kappa shape index (κ1) is 16.5. The Kier molecular flexibility index (Phi) is 5.98. The molecule has 20 heavy (non-hydrogen) atoms. The van der Waals surface area contributed by atoms with Crippen molar-refractivity contribution in [1.29, 1.82) is 0 Å². The van der Waals surface area contributed by atoms with Crippen molar-refractivity contribution < 1.29 is 19.5 Å². The van der Waals surface area contributed by atoms with E-state index in [9.17, 15) is 14.4 Å². The van der Waals surface area contributed by atoms with Gasteiger partial charge >= 0.3 is 5.97 Å². The van der Waals surface area contributed by atoms with E-state index in [0.29, 0.717) is 25.8 Å². The Morgan fingerprint density at radius 1 is 1.35 bits per heavy atom. The molecule has 1 saturated heterocycles. The zero-order chi connectivity index (χ0) is 15.3. The maximum Gasteiger partial charge on any atom is 0.308 e. The number of carbonyl (C=O) groups excluding carboxylic acids is 2. The van der Waals surface area contributed by atoms with Gasteiger partial charge in [0.25, 0.3) is 0 Å². The molecule has 2 amide bonds. The minimum absolute atomic E-state index is 0.0257. The summed E-state index contributed by atoms with van der Waals surface area (Å²) in [6, 6.07) is 0. The number of carboxylic acid groups (broad SMARTS) is 1. The van der Waals surface area contributed by atoms with E-state index >= 15 is 0 Å². The molecule has 0 aliphatic carbocycles. The predicted molar refractivity (Wildman–Crippen MR) is 74.0 cm³/mol. The number of likely N-dealkylation sites (tertiary alicyclic amines) is 1. The standard InChI is InChI=1S/C14H24N2O4/c1-10(2)7-12(17)15(3)9-13(18)16-6-4-5-11(8-16)14(19)20/h10-11H,4-9H2,1-3H3,(H,19,20). The summed E-state index contributed by atoms with van der Waals surface area (Å²) in [7, 11) is 1.61.